The minimum absolute atomic E-state index is 0.595. The van der Waals surface area contributed by atoms with Crippen LogP contribution in [0, 0.1) is 5.92 Å². The van der Waals surface area contributed by atoms with Crippen molar-refractivity contribution in [2.24, 2.45) is 5.92 Å². The van der Waals surface area contributed by atoms with E-state index >= 15 is 0 Å². The average molecular weight is 243 g/mol. The minimum atomic E-state index is -4.25. The van der Waals surface area contributed by atoms with Crippen molar-refractivity contribution in [1.82, 2.24) is 0 Å². The third-order valence-electron chi connectivity index (χ3n) is 3.32. The number of hydrogen-bond acceptors (Lipinski definition) is 1. The van der Waals surface area contributed by atoms with Crippen LogP contribution in [0.25, 0.3) is 0 Å². The van der Waals surface area contributed by atoms with Gasteiger partial charge in [-0.1, -0.05) is 19.3 Å². The van der Waals surface area contributed by atoms with Crippen molar-refractivity contribution in [3.8, 4) is 0 Å². The van der Waals surface area contributed by atoms with Crippen LogP contribution in [-0.4, -0.2) is 6.54 Å². The maximum Gasteiger partial charge on any atom is 0.416 e. The molecule has 0 spiro atoms. The van der Waals surface area contributed by atoms with Gasteiger partial charge in [0.15, 0.2) is 0 Å². The molecule has 1 aliphatic rings. The Morgan fingerprint density at radius 2 is 1.76 bits per heavy atom. The molecular weight excluding hydrogens is 227 g/mol. The van der Waals surface area contributed by atoms with Crippen molar-refractivity contribution in [2.45, 2.75) is 31.9 Å². The molecule has 1 N–H and O–H groups in total. The summed E-state index contributed by atoms with van der Waals surface area (Å²) in [4.78, 5) is 0. The molecule has 0 amide bonds. The molecule has 0 unspecified atom stereocenters. The summed E-state index contributed by atoms with van der Waals surface area (Å²) in [5.74, 6) is 0.817. The van der Waals surface area contributed by atoms with E-state index in [0.717, 1.165) is 36.7 Å². The molecular formula is C13H16F3N. The Morgan fingerprint density at radius 1 is 1.12 bits per heavy atom. The molecule has 1 saturated carbocycles. The van der Waals surface area contributed by atoms with Gasteiger partial charge < -0.3 is 5.32 Å². The summed E-state index contributed by atoms with van der Waals surface area (Å²) in [7, 11) is 0. The highest BCUT2D eigenvalue weighted by Gasteiger charge is 2.29. The lowest BCUT2D eigenvalue weighted by atomic mass is 9.83. The van der Waals surface area contributed by atoms with Crippen molar-refractivity contribution >= 4 is 5.69 Å². The quantitative estimate of drug-likeness (QED) is 0.831. The molecule has 1 aromatic rings. The number of nitrogens with one attached hydrogen (secondary N) is 1. The zero-order chi connectivity index (χ0) is 12.3. The summed E-state index contributed by atoms with van der Waals surface area (Å²) < 4.78 is 36.9. The van der Waals surface area contributed by atoms with E-state index < -0.39 is 11.7 Å². The van der Waals surface area contributed by atoms with Crippen LogP contribution in [0.1, 0.15) is 31.2 Å². The third-order valence-corrected chi connectivity index (χ3v) is 3.32. The molecule has 4 heteroatoms. The van der Waals surface area contributed by atoms with Crippen LogP contribution >= 0.6 is 0 Å². The Kier molecular flexibility index (Phi) is 3.60. The average Bonchev–Trinajstić information content (AvgIpc) is 2.21. The lowest BCUT2D eigenvalue weighted by molar-refractivity contribution is -0.137. The largest absolute Gasteiger partial charge is 0.416 e. The number of halogens is 3. The number of benzene rings is 1. The van der Waals surface area contributed by atoms with Crippen molar-refractivity contribution in [1.29, 1.82) is 0 Å². The fourth-order valence-corrected chi connectivity index (χ4v) is 1.98. The highest BCUT2D eigenvalue weighted by atomic mass is 19.4. The first-order valence-corrected chi connectivity index (χ1v) is 5.97. The van der Waals surface area contributed by atoms with Crippen LogP contribution in [0.3, 0.4) is 0 Å². The van der Waals surface area contributed by atoms with E-state index in [1.54, 1.807) is 0 Å². The Labute approximate surface area is 99.0 Å². The van der Waals surface area contributed by atoms with Crippen LogP contribution in [0.2, 0.25) is 0 Å². The molecule has 1 fully saturated rings. The SMILES string of the molecule is FC(F)(F)c1ccc(NCCC2CCC2)cc1. The van der Waals surface area contributed by atoms with Crippen molar-refractivity contribution in [2.75, 3.05) is 11.9 Å². The van der Waals surface area contributed by atoms with Crippen LogP contribution in [-0.2, 0) is 6.18 Å². The molecule has 17 heavy (non-hydrogen) atoms. The second kappa shape index (κ2) is 4.98. The maximum absolute atomic E-state index is 12.3. The fraction of sp³-hybridized carbons (Fsp3) is 0.538. The van der Waals surface area contributed by atoms with E-state index in [4.69, 9.17) is 0 Å². The fourth-order valence-electron chi connectivity index (χ4n) is 1.98. The van der Waals surface area contributed by atoms with Gasteiger partial charge in [-0.3, -0.25) is 0 Å². The molecule has 0 radical (unpaired) electrons. The lowest BCUT2D eigenvalue weighted by Crippen LogP contribution is -2.15. The van der Waals surface area contributed by atoms with Gasteiger partial charge in [-0.05, 0) is 36.6 Å². The highest BCUT2D eigenvalue weighted by molar-refractivity contribution is 5.45. The van der Waals surface area contributed by atoms with Gasteiger partial charge >= 0.3 is 6.18 Å². The van der Waals surface area contributed by atoms with Gasteiger partial charge in [0.05, 0.1) is 5.56 Å². The molecule has 1 aliphatic carbocycles. The first-order valence-electron chi connectivity index (χ1n) is 5.97. The van der Waals surface area contributed by atoms with E-state index in [-0.39, 0.29) is 0 Å². The van der Waals surface area contributed by atoms with Gasteiger partial charge in [-0.25, -0.2) is 0 Å². The first kappa shape index (κ1) is 12.3. The highest BCUT2D eigenvalue weighted by Crippen LogP contribution is 2.31. The van der Waals surface area contributed by atoms with E-state index in [2.05, 4.69) is 5.32 Å². The monoisotopic (exact) mass is 243 g/mol. The summed E-state index contributed by atoms with van der Waals surface area (Å²) in [6, 6.07) is 5.21. The molecule has 1 nitrogen and oxygen atoms in total. The summed E-state index contributed by atoms with van der Waals surface area (Å²) in [5.41, 5.74) is 0.166. The molecule has 0 atom stereocenters. The van der Waals surface area contributed by atoms with Crippen molar-refractivity contribution in [3.05, 3.63) is 29.8 Å². The topological polar surface area (TPSA) is 12.0 Å². The van der Waals surface area contributed by atoms with E-state index in [1.807, 2.05) is 0 Å². The molecule has 1 aromatic carbocycles. The Hall–Kier alpha value is -1.19. The molecule has 0 heterocycles. The van der Waals surface area contributed by atoms with Crippen LogP contribution in [0.5, 0.6) is 0 Å². The standard InChI is InChI=1S/C13H16F3N/c14-13(15,16)11-4-6-12(7-5-11)17-9-8-10-2-1-3-10/h4-7,10,17H,1-3,8-9H2. The molecule has 0 bridgehead atoms. The van der Waals surface area contributed by atoms with Crippen molar-refractivity contribution < 1.29 is 13.2 Å². The molecule has 0 saturated heterocycles. The normalized spacial score (nSPS) is 16.6. The summed E-state index contributed by atoms with van der Waals surface area (Å²) in [5, 5.41) is 3.16. The lowest BCUT2D eigenvalue weighted by Gasteiger charge is -2.25. The van der Waals surface area contributed by atoms with Gasteiger partial charge in [-0.15, -0.1) is 0 Å². The molecule has 2 rings (SSSR count). The van der Waals surface area contributed by atoms with Gasteiger partial charge in [0, 0.05) is 12.2 Å². The molecule has 94 valence electrons. The Bertz CT molecular complexity index is 352. The van der Waals surface area contributed by atoms with Crippen LogP contribution in [0.15, 0.2) is 24.3 Å². The van der Waals surface area contributed by atoms with Gasteiger partial charge in [0.1, 0.15) is 0 Å². The zero-order valence-corrected chi connectivity index (χ0v) is 9.56. The second-order valence-corrected chi connectivity index (χ2v) is 4.59. The summed E-state index contributed by atoms with van der Waals surface area (Å²) in [6.45, 7) is 0.843. The summed E-state index contributed by atoms with van der Waals surface area (Å²) in [6.07, 6.45) is 0.791. The zero-order valence-electron chi connectivity index (χ0n) is 9.56. The second-order valence-electron chi connectivity index (χ2n) is 4.59. The smallest absolute Gasteiger partial charge is 0.385 e. The van der Waals surface area contributed by atoms with E-state index in [1.165, 1.54) is 31.4 Å². The maximum atomic E-state index is 12.3. The van der Waals surface area contributed by atoms with Gasteiger partial charge in [0.2, 0.25) is 0 Å². The predicted octanol–water partition coefficient (Wildman–Crippen LogP) is 4.31. The van der Waals surface area contributed by atoms with Gasteiger partial charge in [0.25, 0.3) is 0 Å². The minimum Gasteiger partial charge on any atom is -0.385 e. The first-order chi connectivity index (χ1) is 8.05. The van der Waals surface area contributed by atoms with E-state index in [9.17, 15) is 13.2 Å². The number of hydrogen-bond donors (Lipinski definition) is 1. The van der Waals surface area contributed by atoms with Gasteiger partial charge in [-0.2, -0.15) is 13.2 Å². The number of anilines is 1. The predicted molar refractivity (Wildman–Crippen MR) is 61.9 cm³/mol. The number of rotatable bonds is 4. The molecule has 0 aromatic heterocycles. The van der Waals surface area contributed by atoms with Crippen LogP contribution in [0.4, 0.5) is 18.9 Å². The Morgan fingerprint density at radius 3 is 2.24 bits per heavy atom. The Balaban J connectivity index is 1.81. The third kappa shape index (κ3) is 3.38. The summed E-state index contributed by atoms with van der Waals surface area (Å²) >= 11 is 0. The number of alkyl halides is 3. The molecule has 0 aliphatic heterocycles. The van der Waals surface area contributed by atoms with Crippen LogP contribution < -0.4 is 5.32 Å². The van der Waals surface area contributed by atoms with E-state index in [0.29, 0.717) is 0 Å². The van der Waals surface area contributed by atoms with Crippen molar-refractivity contribution in [3.63, 3.8) is 0 Å².